The fraction of sp³-hybridized carbons (Fsp3) is 0.294. The number of rotatable bonds is 6. The Morgan fingerprint density at radius 1 is 1.29 bits per heavy atom. The standard InChI is InChI=1S/C17H19N5OS/c1-12(2)17-19-13(11-24-17)8-9-18-16(23)15-10-22(21-20-15)14-6-4-3-5-7-14/h3-7,10-12H,8-9H2,1-2H3,(H,18,23). The number of carbonyl (C=O) groups excluding carboxylic acids is 1. The molecule has 2 heterocycles. The molecule has 7 heteroatoms. The Morgan fingerprint density at radius 3 is 2.79 bits per heavy atom. The van der Waals surface area contributed by atoms with Gasteiger partial charge in [0.1, 0.15) is 0 Å². The van der Waals surface area contributed by atoms with Gasteiger partial charge in [0.25, 0.3) is 5.91 Å². The van der Waals surface area contributed by atoms with E-state index in [-0.39, 0.29) is 5.91 Å². The van der Waals surface area contributed by atoms with Gasteiger partial charge in [-0.15, -0.1) is 16.4 Å². The average Bonchev–Trinajstić information content (AvgIpc) is 3.25. The van der Waals surface area contributed by atoms with Gasteiger partial charge in [-0.25, -0.2) is 9.67 Å². The van der Waals surface area contributed by atoms with Crippen molar-refractivity contribution >= 4 is 17.2 Å². The number of benzene rings is 1. The lowest BCUT2D eigenvalue weighted by atomic mass is 10.2. The highest BCUT2D eigenvalue weighted by molar-refractivity contribution is 7.09. The summed E-state index contributed by atoms with van der Waals surface area (Å²) in [5.41, 5.74) is 2.18. The summed E-state index contributed by atoms with van der Waals surface area (Å²) < 4.78 is 1.59. The minimum Gasteiger partial charge on any atom is -0.350 e. The molecule has 2 aromatic heterocycles. The lowest BCUT2D eigenvalue weighted by Crippen LogP contribution is -2.26. The highest BCUT2D eigenvalue weighted by Crippen LogP contribution is 2.19. The van der Waals surface area contributed by atoms with Crippen LogP contribution in [0.3, 0.4) is 0 Å². The van der Waals surface area contributed by atoms with Gasteiger partial charge in [0.2, 0.25) is 0 Å². The lowest BCUT2D eigenvalue weighted by Gasteiger charge is -2.01. The number of nitrogens with zero attached hydrogens (tertiary/aromatic N) is 4. The molecule has 0 aliphatic heterocycles. The van der Waals surface area contributed by atoms with E-state index < -0.39 is 0 Å². The fourth-order valence-electron chi connectivity index (χ4n) is 2.17. The topological polar surface area (TPSA) is 72.7 Å². The Morgan fingerprint density at radius 2 is 2.08 bits per heavy atom. The van der Waals surface area contributed by atoms with Crippen molar-refractivity contribution in [3.63, 3.8) is 0 Å². The Bertz CT molecular complexity index is 809. The number of para-hydroxylation sites is 1. The van der Waals surface area contributed by atoms with Crippen molar-refractivity contribution in [2.24, 2.45) is 0 Å². The molecule has 124 valence electrons. The highest BCUT2D eigenvalue weighted by atomic mass is 32.1. The Labute approximate surface area is 144 Å². The minimum atomic E-state index is -0.225. The zero-order valence-electron chi connectivity index (χ0n) is 13.6. The first-order valence-electron chi connectivity index (χ1n) is 7.84. The van der Waals surface area contributed by atoms with E-state index in [9.17, 15) is 4.79 Å². The van der Waals surface area contributed by atoms with Crippen LogP contribution in [0.5, 0.6) is 0 Å². The van der Waals surface area contributed by atoms with E-state index in [4.69, 9.17) is 0 Å². The Hall–Kier alpha value is -2.54. The molecule has 24 heavy (non-hydrogen) atoms. The molecule has 6 nitrogen and oxygen atoms in total. The van der Waals surface area contributed by atoms with Gasteiger partial charge in [-0.05, 0) is 12.1 Å². The molecule has 0 saturated heterocycles. The maximum Gasteiger partial charge on any atom is 0.273 e. The number of carbonyl (C=O) groups is 1. The molecule has 0 atom stereocenters. The maximum atomic E-state index is 12.1. The summed E-state index contributed by atoms with van der Waals surface area (Å²) in [5.74, 6) is 0.211. The van der Waals surface area contributed by atoms with Crippen molar-refractivity contribution in [1.82, 2.24) is 25.3 Å². The Balaban J connectivity index is 1.54. The number of amides is 1. The van der Waals surface area contributed by atoms with Gasteiger partial charge < -0.3 is 5.32 Å². The highest BCUT2D eigenvalue weighted by Gasteiger charge is 2.11. The number of hydrogen-bond acceptors (Lipinski definition) is 5. The number of hydrogen-bond donors (Lipinski definition) is 1. The van der Waals surface area contributed by atoms with E-state index in [0.717, 1.165) is 16.4 Å². The molecule has 1 aromatic carbocycles. The predicted octanol–water partition coefficient (Wildman–Crippen LogP) is 2.82. The molecule has 0 spiro atoms. The first-order chi connectivity index (χ1) is 11.6. The van der Waals surface area contributed by atoms with Crippen LogP contribution in [0.1, 0.15) is 41.0 Å². The van der Waals surface area contributed by atoms with Crippen molar-refractivity contribution in [2.75, 3.05) is 6.54 Å². The third kappa shape index (κ3) is 3.86. The second-order valence-electron chi connectivity index (χ2n) is 5.72. The summed E-state index contributed by atoms with van der Waals surface area (Å²) in [7, 11) is 0. The van der Waals surface area contributed by atoms with E-state index in [2.05, 4.69) is 34.5 Å². The molecule has 0 fully saturated rings. The molecule has 1 amide bonds. The predicted molar refractivity (Wildman–Crippen MR) is 93.6 cm³/mol. The van der Waals surface area contributed by atoms with Crippen molar-refractivity contribution in [3.05, 3.63) is 58.3 Å². The number of nitrogens with one attached hydrogen (secondary N) is 1. The van der Waals surface area contributed by atoms with Crippen molar-refractivity contribution < 1.29 is 4.79 Å². The smallest absolute Gasteiger partial charge is 0.273 e. The van der Waals surface area contributed by atoms with Crippen molar-refractivity contribution in [3.8, 4) is 5.69 Å². The summed E-state index contributed by atoms with van der Waals surface area (Å²) in [4.78, 5) is 16.7. The minimum absolute atomic E-state index is 0.225. The van der Waals surface area contributed by atoms with E-state index in [1.165, 1.54) is 0 Å². The first-order valence-corrected chi connectivity index (χ1v) is 8.71. The number of aromatic nitrogens is 4. The van der Waals surface area contributed by atoms with Gasteiger partial charge in [-0.3, -0.25) is 4.79 Å². The van der Waals surface area contributed by atoms with Crippen LogP contribution in [0.25, 0.3) is 5.69 Å². The third-order valence-corrected chi connectivity index (χ3v) is 4.67. The van der Waals surface area contributed by atoms with Crippen LogP contribution in [0.4, 0.5) is 0 Å². The third-order valence-electron chi connectivity index (χ3n) is 3.48. The molecule has 3 rings (SSSR count). The van der Waals surface area contributed by atoms with Crippen LogP contribution in [-0.4, -0.2) is 32.4 Å². The zero-order valence-corrected chi connectivity index (χ0v) is 14.5. The fourth-order valence-corrected chi connectivity index (χ4v) is 3.04. The van der Waals surface area contributed by atoms with Gasteiger partial charge >= 0.3 is 0 Å². The largest absolute Gasteiger partial charge is 0.350 e. The molecule has 0 saturated carbocycles. The lowest BCUT2D eigenvalue weighted by molar-refractivity contribution is 0.0949. The van der Waals surface area contributed by atoms with E-state index in [1.54, 1.807) is 22.2 Å². The number of thiazole rings is 1. The molecule has 1 N–H and O–H groups in total. The molecule has 0 bridgehead atoms. The van der Waals surface area contributed by atoms with Crippen LogP contribution >= 0.6 is 11.3 Å². The summed E-state index contributed by atoms with van der Waals surface area (Å²) in [6, 6.07) is 9.57. The van der Waals surface area contributed by atoms with Crippen molar-refractivity contribution in [1.29, 1.82) is 0 Å². The average molecular weight is 341 g/mol. The van der Waals surface area contributed by atoms with Crippen LogP contribution in [-0.2, 0) is 6.42 Å². The molecule has 0 unspecified atom stereocenters. The second-order valence-corrected chi connectivity index (χ2v) is 6.61. The van der Waals surface area contributed by atoms with Crippen LogP contribution in [0, 0.1) is 0 Å². The molecular weight excluding hydrogens is 322 g/mol. The van der Waals surface area contributed by atoms with E-state index >= 15 is 0 Å². The van der Waals surface area contributed by atoms with E-state index in [1.807, 2.05) is 35.7 Å². The van der Waals surface area contributed by atoms with Gasteiger partial charge in [-0.1, -0.05) is 37.3 Å². The molecule has 0 aliphatic carbocycles. The second kappa shape index (κ2) is 7.35. The van der Waals surface area contributed by atoms with Gasteiger partial charge in [0.05, 0.1) is 22.6 Å². The monoisotopic (exact) mass is 341 g/mol. The molecule has 0 aliphatic rings. The summed E-state index contributed by atoms with van der Waals surface area (Å²) in [6.07, 6.45) is 2.34. The maximum absolute atomic E-state index is 12.1. The quantitative estimate of drug-likeness (QED) is 0.748. The normalized spacial score (nSPS) is 11.0. The summed E-state index contributed by atoms with van der Waals surface area (Å²) in [5, 5.41) is 14.0. The first kappa shape index (κ1) is 16.3. The van der Waals surface area contributed by atoms with Crippen molar-refractivity contribution in [2.45, 2.75) is 26.2 Å². The zero-order chi connectivity index (χ0) is 16.9. The molecule has 0 radical (unpaired) electrons. The van der Waals surface area contributed by atoms with Crippen LogP contribution in [0.15, 0.2) is 41.9 Å². The van der Waals surface area contributed by atoms with Crippen LogP contribution < -0.4 is 5.32 Å². The van der Waals surface area contributed by atoms with Gasteiger partial charge in [0, 0.05) is 24.3 Å². The van der Waals surface area contributed by atoms with Crippen LogP contribution in [0.2, 0.25) is 0 Å². The van der Waals surface area contributed by atoms with Gasteiger partial charge in [0.15, 0.2) is 5.69 Å². The molecule has 3 aromatic rings. The SMILES string of the molecule is CC(C)c1nc(CCNC(=O)c2cn(-c3ccccc3)nn2)cs1. The summed E-state index contributed by atoms with van der Waals surface area (Å²) >= 11 is 1.66. The summed E-state index contributed by atoms with van der Waals surface area (Å²) in [6.45, 7) is 4.78. The Kier molecular flexibility index (Phi) is 5.00. The molecular formula is C17H19N5OS. The van der Waals surface area contributed by atoms with Gasteiger partial charge in [-0.2, -0.15) is 0 Å². The van der Waals surface area contributed by atoms with E-state index in [0.29, 0.717) is 24.6 Å².